The molecule has 2 nitrogen and oxygen atoms in total. The Labute approximate surface area is 154 Å². The number of carbonyl (C=O) groups is 2. The molecule has 122 valence electrons. The zero-order valence-electron chi connectivity index (χ0n) is 12.9. The molecule has 0 aliphatic carbocycles. The number of halogens is 3. The number of hydrogen-bond donors (Lipinski definition) is 0. The summed E-state index contributed by atoms with van der Waals surface area (Å²) in [7, 11) is 0. The van der Waals surface area contributed by atoms with Crippen LogP contribution in [0.15, 0.2) is 48.5 Å². The van der Waals surface area contributed by atoms with E-state index in [1.165, 1.54) is 0 Å². The van der Waals surface area contributed by atoms with Crippen molar-refractivity contribution in [3.05, 3.63) is 69.7 Å². The molecule has 0 heterocycles. The summed E-state index contributed by atoms with van der Waals surface area (Å²) >= 11 is 14.6. The SMILES string of the molecule is CC(Br)C(=O)c1cccc(Cl)c1.CCC(=O)c1cccc(Cl)c1. The molecule has 23 heavy (non-hydrogen) atoms. The number of alkyl halides is 1. The minimum Gasteiger partial charge on any atom is -0.294 e. The van der Waals surface area contributed by atoms with Crippen LogP contribution < -0.4 is 0 Å². The van der Waals surface area contributed by atoms with Gasteiger partial charge in [-0.2, -0.15) is 0 Å². The van der Waals surface area contributed by atoms with E-state index >= 15 is 0 Å². The first-order valence-corrected chi connectivity index (χ1v) is 8.75. The Morgan fingerprint density at radius 3 is 1.91 bits per heavy atom. The van der Waals surface area contributed by atoms with Gasteiger partial charge in [0.25, 0.3) is 0 Å². The molecule has 1 atom stereocenters. The van der Waals surface area contributed by atoms with E-state index in [2.05, 4.69) is 15.9 Å². The number of carbonyl (C=O) groups excluding carboxylic acids is 2. The van der Waals surface area contributed by atoms with Crippen molar-refractivity contribution in [3.63, 3.8) is 0 Å². The molecule has 0 saturated heterocycles. The van der Waals surface area contributed by atoms with Crippen molar-refractivity contribution in [2.45, 2.75) is 25.1 Å². The fourth-order valence-electron chi connectivity index (χ4n) is 1.74. The highest BCUT2D eigenvalue weighted by Gasteiger charge is 2.11. The molecule has 0 aliphatic heterocycles. The number of benzene rings is 2. The minimum absolute atomic E-state index is 0.0532. The summed E-state index contributed by atoms with van der Waals surface area (Å²) in [6.07, 6.45) is 0.528. The summed E-state index contributed by atoms with van der Waals surface area (Å²) in [5.74, 6) is 0.185. The Balaban J connectivity index is 0.000000231. The maximum atomic E-state index is 11.4. The zero-order chi connectivity index (χ0) is 17.4. The Morgan fingerprint density at radius 2 is 1.48 bits per heavy atom. The van der Waals surface area contributed by atoms with Gasteiger partial charge in [-0.05, 0) is 31.2 Å². The van der Waals surface area contributed by atoms with Crippen LogP contribution in [-0.4, -0.2) is 16.4 Å². The van der Waals surface area contributed by atoms with Crippen molar-refractivity contribution < 1.29 is 9.59 Å². The minimum atomic E-state index is -0.157. The maximum Gasteiger partial charge on any atom is 0.176 e. The molecule has 0 fully saturated rings. The molecule has 1 unspecified atom stereocenters. The average Bonchev–Trinajstić information content (AvgIpc) is 2.54. The molecule has 5 heteroatoms. The van der Waals surface area contributed by atoms with Crippen molar-refractivity contribution in [1.29, 1.82) is 0 Å². The molecule has 0 spiro atoms. The van der Waals surface area contributed by atoms with E-state index in [1.807, 2.05) is 6.92 Å². The third-order valence-corrected chi connectivity index (χ3v) is 3.82. The lowest BCUT2D eigenvalue weighted by atomic mass is 10.1. The number of ketones is 2. The van der Waals surface area contributed by atoms with Gasteiger partial charge in [0.2, 0.25) is 0 Å². The molecule has 0 aromatic heterocycles. The lowest BCUT2D eigenvalue weighted by Crippen LogP contribution is -2.09. The molecule has 0 N–H and O–H groups in total. The van der Waals surface area contributed by atoms with E-state index in [4.69, 9.17) is 23.2 Å². The van der Waals surface area contributed by atoms with Gasteiger partial charge in [-0.15, -0.1) is 0 Å². The van der Waals surface area contributed by atoms with E-state index in [9.17, 15) is 9.59 Å². The average molecular weight is 416 g/mol. The predicted octanol–water partition coefficient (Wildman–Crippen LogP) is 6.24. The van der Waals surface area contributed by atoms with Crippen LogP contribution in [0.2, 0.25) is 10.0 Å². The molecule has 2 aromatic rings. The van der Waals surface area contributed by atoms with E-state index in [1.54, 1.807) is 55.5 Å². The van der Waals surface area contributed by atoms with Crippen LogP contribution in [0.3, 0.4) is 0 Å². The van der Waals surface area contributed by atoms with Gasteiger partial charge in [-0.25, -0.2) is 0 Å². The molecular formula is C18H17BrCl2O2. The highest BCUT2D eigenvalue weighted by Crippen LogP contribution is 2.14. The fourth-order valence-corrected chi connectivity index (χ4v) is 2.38. The van der Waals surface area contributed by atoms with Gasteiger partial charge < -0.3 is 0 Å². The number of hydrogen-bond acceptors (Lipinski definition) is 2. The summed E-state index contributed by atoms with van der Waals surface area (Å²) in [5, 5.41) is 1.21. The Hall–Kier alpha value is -1.16. The van der Waals surface area contributed by atoms with Crippen molar-refractivity contribution >= 4 is 50.7 Å². The second kappa shape index (κ2) is 9.86. The third kappa shape index (κ3) is 6.86. The van der Waals surface area contributed by atoms with Crippen molar-refractivity contribution in [2.75, 3.05) is 0 Å². The second-order valence-electron chi connectivity index (χ2n) is 4.78. The van der Waals surface area contributed by atoms with E-state index < -0.39 is 0 Å². The molecule has 2 rings (SSSR count). The first-order chi connectivity index (χ1) is 10.8. The molecular weight excluding hydrogens is 399 g/mol. The van der Waals surface area contributed by atoms with Crippen LogP contribution in [-0.2, 0) is 0 Å². The lowest BCUT2D eigenvalue weighted by molar-refractivity contribution is 0.0983. The van der Waals surface area contributed by atoms with E-state index in [-0.39, 0.29) is 16.4 Å². The van der Waals surface area contributed by atoms with Gasteiger partial charge in [0, 0.05) is 27.6 Å². The molecule has 0 aliphatic rings. The molecule has 0 amide bonds. The monoisotopic (exact) mass is 414 g/mol. The van der Waals surface area contributed by atoms with Crippen LogP contribution >= 0.6 is 39.1 Å². The third-order valence-electron chi connectivity index (χ3n) is 2.94. The van der Waals surface area contributed by atoms with Crippen LogP contribution in [0.1, 0.15) is 41.0 Å². The van der Waals surface area contributed by atoms with Gasteiger partial charge in [-0.1, -0.05) is 70.3 Å². The summed E-state index contributed by atoms with van der Waals surface area (Å²) in [5.41, 5.74) is 1.34. The Bertz CT molecular complexity index is 684. The van der Waals surface area contributed by atoms with Crippen LogP contribution in [0, 0.1) is 0 Å². The molecule has 0 radical (unpaired) electrons. The van der Waals surface area contributed by atoms with Gasteiger partial charge in [-0.3, -0.25) is 9.59 Å². The maximum absolute atomic E-state index is 11.4. The van der Waals surface area contributed by atoms with Crippen LogP contribution in [0.4, 0.5) is 0 Å². The first-order valence-electron chi connectivity index (χ1n) is 7.07. The first kappa shape index (κ1) is 19.9. The van der Waals surface area contributed by atoms with E-state index in [0.29, 0.717) is 27.6 Å². The topological polar surface area (TPSA) is 34.1 Å². The second-order valence-corrected chi connectivity index (χ2v) is 7.02. The largest absolute Gasteiger partial charge is 0.294 e. The summed E-state index contributed by atoms with van der Waals surface area (Å²) < 4.78 is 0. The van der Waals surface area contributed by atoms with Gasteiger partial charge in [0.15, 0.2) is 11.6 Å². The molecule has 0 saturated carbocycles. The smallest absolute Gasteiger partial charge is 0.176 e. The van der Waals surface area contributed by atoms with Gasteiger partial charge in [0.1, 0.15) is 0 Å². The summed E-state index contributed by atoms with van der Waals surface area (Å²) in [6.45, 7) is 3.63. The Kier molecular flexibility index (Phi) is 8.53. The van der Waals surface area contributed by atoms with Gasteiger partial charge in [0.05, 0.1) is 4.83 Å². The standard InChI is InChI=1S/C9H8BrClO.C9H9ClO/c1-6(10)9(12)7-3-2-4-8(11)5-7;1-2-9(11)7-4-3-5-8(10)6-7/h2-6H,1H3;3-6H,2H2,1H3. The van der Waals surface area contributed by atoms with Crippen LogP contribution in [0.25, 0.3) is 0 Å². The number of Topliss-reactive ketones (excluding diaryl/α,β-unsaturated/α-hetero) is 2. The number of rotatable bonds is 4. The Morgan fingerprint density at radius 1 is 1.00 bits per heavy atom. The molecule has 2 aromatic carbocycles. The van der Waals surface area contributed by atoms with Crippen molar-refractivity contribution in [1.82, 2.24) is 0 Å². The zero-order valence-corrected chi connectivity index (χ0v) is 16.0. The van der Waals surface area contributed by atoms with Crippen molar-refractivity contribution in [2.24, 2.45) is 0 Å². The van der Waals surface area contributed by atoms with Crippen LogP contribution in [0.5, 0.6) is 0 Å². The fraction of sp³-hybridized carbons (Fsp3) is 0.222. The van der Waals surface area contributed by atoms with Crippen molar-refractivity contribution in [3.8, 4) is 0 Å². The highest BCUT2D eigenvalue weighted by atomic mass is 79.9. The van der Waals surface area contributed by atoms with Gasteiger partial charge >= 0.3 is 0 Å². The normalized spacial score (nSPS) is 11.2. The predicted molar refractivity (Wildman–Crippen MR) is 100 cm³/mol. The summed E-state index contributed by atoms with van der Waals surface area (Å²) in [4.78, 5) is 22.3. The van der Waals surface area contributed by atoms with E-state index in [0.717, 1.165) is 0 Å². The highest BCUT2D eigenvalue weighted by molar-refractivity contribution is 9.10. The molecule has 0 bridgehead atoms. The lowest BCUT2D eigenvalue weighted by Gasteiger charge is -2.01. The summed E-state index contributed by atoms with van der Waals surface area (Å²) in [6, 6.07) is 13.9. The quantitative estimate of drug-likeness (QED) is 0.437.